The van der Waals surface area contributed by atoms with Crippen molar-refractivity contribution in [3.63, 3.8) is 0 Å². The van der Waals surface area contributed by atoms with Crippen molar-refractivity contribution in [3.8, 4) is 0 Å². The second-order valence-corrected chi connectivity index (χ2v) is 7.10. The molecule has 6 nitrogen and oxygen atoms in total. The number of aromatic nitrogens is 1. The summed E-state index contributed by atoms with van der Waals surface area (Å²) >= 11 is 3.42. The minimum atomic E-state index is -0.434. The predicted octanol–water partition coefficient (Wildman–Crippen LogP) is 3.52. The van der Waals surface area contributed by atoms with Crippen molar-refractivity contribution in [2.45, 2.75) is 26.3 Å². The van der Waals surface area contributed by atoms with Crippen LogP contribution >= 0.6 is 15.9 Å². The van der Waals surface area contributed by atoms with Crippen LogP contribution in [0.25, 0.3) is 10.9 Å². The molecule has 0 saturated heterocycles. The highest BCUT2D eigenvalue weighted by Gasteiger charge is 2.14. The number of carbonyl (C=O) groups excluding carboxylic acids is 1. The van der Waals surface area contributed by atoms with E-state index in [1.165, 1.54) is 0 Å². The normalized spacial score (nSPS) is 11.3. The highest BCUT2D eigenvalue weighted by Crippen LogP contribution is 2.29. The van der Waals surface area contributed by atoms with Crippen molar-refractivity contribution in [3.05, 3.63) is 28.9 Å². The Morgan fingerprint density at radius 2 is 2.13 bits per heavy atom. The van der Waals surface area contributed by atoms with Gasteiger partial charge >= 0.3 is 6.09 Å². The fourth-order valence-electron chi connectivity index (χ4n) is 2.04. The zero-order valence-corrected chi connectivity index (χ0v) is 15.0. The number of nitrogens with one attached hydrogen (secondary N) is 2. The van der Waals surface area contributed by atoms with Crippen LogP contribution in [-0.2, 0) is 4.74 Å². The largest absolute Gasteiger partial charge is 0.448 e. The third kappa shape index (κ3) is 4.99. The summed E-state index contributed by atoms with van der Waals surface area (Å²) in [6.45, 7) is 6.38. The number of nitrogens with zero attached hydrogens (tertiary/aromatic N) is 1. The van der Waals surface area contributed by atoms with Gasteiger partial charge in [-0.1, -0.05) is 15.9 Å². The summed E-state index contributed by atoms with van der Waals surface area (Å²) in [6.07, 6.45) is 1.18. The number of amides is 1. The van der Waals surface area contributed by atoms with Crippen LogP contribution in [0.1, 0.15) is 20.8 Å². The van der Waals surface area contributed by atoms with E-state index in [4.69, 9.17) is 10.5 Å². The molecule has 1 amide bonds. The fraction of sp³-hybridized carbons (Fsp3) is 0.375. The standard InChI is InChI=1S/C16H21BrN4O2/c1-16(2,3)21-15(22)23-7-6-19-14-11-5-4-10(17)8-13(11)20-9-12(14)18/h4-5,8-9H,6-7,18H2,1-3H3,(H,19,20)(H,21,22). The zero-order valence-electron chi connectivity index (χ0n) is 13.4. The Bertz CT molecular complexity index is 713. The van der Waals surface area contributed by atoms with Crippen molar-refractivity contribution >= 4 is 44.3 Å². The summed E-state index contributed by atoms with van der Waals surface area (Å²) in [5, 5.41) is 6.87. The SMILES string of the molecule is CC(C)(C)NC(=O)OCCNc1c(N)cnc2cc(Br)ccc12. The van der Waals surface area contributed by atoms with Gasteiger partial charge in [-0.25, -0.2) is 4.79 Å². The van der Waals surface area contributed by atoms with Crippen molar-refractivity contribution in [2.75, 3.05) is 24.2 Å². The number of nitrogen functional groups attached to an aromatic ring is 1. The molecule has 0 aliphatic heterocycles. The van der Waals surface area contributed by atoms with Gasteiger partial charge in [0.05, 0.1) is 23.1 Å². The molecule has 0 fully saturated rings. The van der Waals surface area contributed by atoms with Gasteiger partial charge in [0, 0.05) is 21.9 Å². The Kier molecular flexibility index (Phi) is 5.30. The number of carbonyl (C=O) groups is 1. The minimum absolute atomic E-state index is 0.238. The second-order valence-electron chi connectivity index (χ2n) is 6.19. The Labute approximate surface area is 143 Å². The van der Waals surface area contributed by atoms with Crippen LogP contribution in [0.5, 0.6) is 0 Å². The van der Waals surface area contributed by atoms with Gasteiger partial charge < -0.3 is 21.1 Å². The first-order valence-corrected chi connectivity index (χ1v) is 8.08. The maximum Gasteiger partial charge on any atom is 0.407 e. The molecule has 0 unspecified atom stereocenters. The maximum atomic E-state index is 11.6. The molecule has 2 aromatic rings. The van der Waals surface area contributed by atoms with Gasteiger partial charge in [0.1, 0.15) is 6.61 Å². The van der Waals surface area contributed by atoms with E-state index in [0.29, 0.717) is 12.2 Å². The first-order chi connectivity index (χ1) is 10.8. The number of ether oxygens (including phenoxy) is 1. The number of hydrogen-bond donors (Lipinski definition) is 3. The van der Waals surface area contributed by atoms with E-state index in [2.05, 4.69) is 31.5 Å². The highest BCUT2D eigenvalue weighted by atomic mass is 79.9. The molecule has 4 N–H and O–H groups in total. The van der Waals surface area contributed by atoms with E-state index in [-0.39, 0.29) is 12.1 Å². The van der Waals surface area contributed by atoms with Gasteiger partial charge in [-0.15, -0.1) is 0 Å². The number of fused-ring (bicyclic) bond motifs is 1. The highest BCUT2D eigenvalue weighted by molar-refractivity contribution is 9.10. The number of hydrogen-bond acceptors (Lipinski definition) is 5. The first kappa shape index (κ1) is 17.3. The third-order valence-corrected chi connectivity index (χ3v) is 3.47. The van der Waals surface area contributed by atoms with E-state index >= 15 is 0 Å². The van der Waals surface area contributed by atoms with Crippen LogP contribution in [0.4, 0.5) is 16.2 Å². The van der Waals surface area contributed by atoms with Crippen LogP contribution in [0.15, 0.2) is 28.9 Å². The van der Waals surface area contributed by atoms with Crippen LogP contribution < -0.4 is 16.4 Å². The molecule has 0 aliphatic rings. The average molecular weight is 381 g/mol. The van der Waals surface area contributed by atoms with E-state index < -0.39 is 6.09 Å². The molecular formula is C16H21BrN4O2. The van der Waals surface area contributed by atoms with Gasteiger partial charge in [-0.05, 0) is 39.0 Å². The van der Waals surface area contributed by atoms with Crippen LogP contribution in [0.2, 0.25) is 0 Å². The van der Waals surface area contributed by atoms with Crippen molar-refractivity contribution in [1.82, 2.24) is 10.3 Å². The van der Waals surface area contributed by atoms with Crippen LogP contribution in [-0.4, -0.2) is 29.8 Å². The lowest BCUT2D eigenvalue weighted by molar-refractivity contribution is 0.142. The van der Waals surface area contributed by atoms with Crippen molar-refractivity contribution < 1.29 is 9.53 Å². The minimum Gasteiger partial charge on any atom is -0.448 e. The topological polar surface area (TPSA) is 89.3 Å². The molecule has 2 rings (SSSR count). The molecule has 124 valence electrons. The van der Waals surface area contributed by atoms with E-state index in [1.54, 1.807) is 6.20 Å². The van der Waals surface area contributed by atoms with Crippen LogP contribution in [0, 0.1) is 0 Å². The van der Waals surface area contributed by atoms with Gasteiger partial charge in [0.25, 0.3) is 0 Å². The summed E-state index contributed by atoms with van der Waals surface area (Å²) < 4.78 is 6.09. The summed E-state index contributed by atoms with van der Waals surface area (Å²) in [6, 6.07) is 5.80. The number of rotatable bonds is 4. The van der Waals surface area contributed by atoms with Gasteiger partial charge in [-0.3, -0.25) is 4.98 Å². The van der Waals surface area contributed by atoms with Gasteiger partial charge in [0.15, 0.2) is 0 Å². The summed E-state index contributed by atoms with van der Waals surface area (Å²) in [4.78, 5) is 15.9. The Hall–Kier alpha value is -2.02. The molecule has 0 spiro atoms. The Morgan fingerprint density at radius 3 is 2.83 bits per heavy atom. The fourth-order valence-corrected chi connectivity index (χ4v) is 2.39. The number of alkyl carbamates (subject to hydrolysis) is 1. The molecule has 7 heteroatoms. The Morgan fingerprint density at radius 1 is 1.39 bits per heavy atom. The number of nitrogens with two attached hydrogens (primary N) is 1. The lowest BCUT2D eigenvalue weighted by Crippen LogP contribution is -2.41. The number of pyridine rings is 1. The van der Waals surface area contributed by atoms with Crippen molar-refractivity contribution in [2.24, 2.45) is 0 Å². The van der Waals surface area contributed by atoms with E-state index in [0.717, 1.165) is 21.1 Å². The smallest absolute Gasteiger partial charge is 0.407 e. The molecule has 0 bridgehead atoms. The molecule has 0 radical (unpaired) electrons. The van der Waals surface area contributed by atoms with Gasteiger partial charge in [-0.2, -0.15) is 0 Å². The molecular weight excluding hydrogens is 360 g/mol. The molecule has 0 saturated carbocycles. The lowest BCUT2D eigenvalue weighted by atomic mass is 10.1. The molecule has 1 aromatic carbocycles. The lowest BCUT2D eigenvalue weighted by Gasteiger charge is -2.20. The molecule has 1 aromatic heterocycles. The predicted molar refractivity (Wildman–Crippen MR) is 96.6 cm³/mol. The Balaban J connectivity index is 1.97. The first-order valence-electron chi connectivity index (χ1n) is 7.29. The molecule has 1 heterocycles. The maximum absolute atomic E-state index is 11.6. The molecule has 0 aliphatic carbocycles. The number of benzene rings is 1. The molecule has 0 atom stereocenters. The third-order valence-electron chi connectivity index (χ3n) is 2.97. The summed E-state index contributed by atoms with van der Waals surface area (Å²) in [7, 11) is 0. The van der Waals surface area contributed by atoms with E-state index in [9.17, 15) is 4.79 Å². The average Bonchev–Trinajstić information content (AvgIpc) is 2.43. The number of anilines is 2. The summed E-state index contributed by atoms with van der Waals surface area (Å²) in [5.41, 5.74) is 7.86. The zero-order chi connectivity index (χ0) is 17.0. The molecule has 23 heavy (non-hydrogen) atoms. The van der Waals surface area contributed by atoms with E-state index in [1.807, 2.05) is 39.0 Å². The quantitative estimate of drug-likeness (QED) is 0.706. The second kappa shape index (κ2) is 7.04. The van der Waals surface area contributed by atoms with Crippen molar-refractivity contribution in [1.29, 1.82) is 0 Å². The summed E-state index contributed by atoms with van der Waals surface area (Å²) in [5.74, 6) is 0. The van der Waals surface area contributed by atoms with Gasteiger partial charge in [0.2, 0.25) is 0 Å². The van der Waals surface area contributed by atoms with Crippen LogP contribution in [0.3, 0.4) is 0 Å². The number of halogens is 1. The monoisotopic (exact) mass is 380 g/mol.